The molecule has 1 amide bonds. The molecule has 1 saturated heterocycles. The number of amides is 1. The van der Waals surface area contributed by atoms with Crippen LogP contribution in [-0.2, 0) is 4.79 Å². The summed E-state index contributed by atoms with van der Waals surface area (Å²) in [5.41, 5.74) is 0. The van der Waals surface area contributed by atoms with E-state index in [4.69, 9.17) is 0 Å². The average molecular weight is 128 g/mol. The van der Waals surface area contributed by atoms with Crippen molar-refractivity contribution >= 4 is 5.91 Å². The fourth-order valence-corrected chi connectivity index (χ4v) is 1.05. The van der Waals surface area contributed by atoms with Crippen LogP contribution in [0.4, 0.5) is 0 Å². The highest BCUT2D eigenvalue weighted by atomic mass is 16.1. The third-order valence-corrected chi connectivity index (χ3v) is 1.44. The lowest BCUT2D eigenvalue weighted by molar-refractivity contribution is -0.119. The number of nitrogens with one attached hydrogen (secondary N) is 2. The largest absolute Gasteiger partial charge is 0.341 e. The third kappa shape index (κ3) is 2.01. The van der Waals surface area contributed by atoms with Gasteiger partial charge in [-0.1, -0.05) is 0 Å². The molecule has 1 fully saturated rings. The Balaban J connectivity index is 2.19. The van der Waals surface area contributed by atoms with E-state index < -0.39 is 0 Å². The van der Waals surface area contributed by atoms with Gasteiger partial charge in [-0.05, 0) is 19.4 Å². The molecule has 1 heterocycles. The van der Waals surface area contributed by atoms with Crippen LogP contribution in [0.5, 0.6) is 0 Å². The quantitative estimate of drug-likeness (QED) is 0.515. The Kier molecular flexibility index (Phi) is 2.05. The predicted octanol–water partition coefficient (Wildman–Crippen LogP) is -0.168. The first-order valence-electron chi connectivity index (χ1n) is 3.29. The molecule has 52 valence electrons. The summed E-state index contributed by atoms with van der Waals surface area (Å²) in [4.78, 5) is 10.4. The van der Waals surface area contributed by atoms with Gasteiger partial charge in [0, 0.05) is 6.92 Å². The maximum Gasteiger partial charge on any atom is 0.218 e. The van der Waals surface area contributed by atoms with E-state index in [0.717, 1.165) is 13.0 Å². The van der Waals surface area contributed by atoms with Crippen molar-refractivity contribution in [3.63, 3.8) is 0 Å². The number of hydrogen-bond acceptors (Lipinski definition) is 2. The summed E-state index contributed by atoms with van der Waals surface area (Å²) in [6.07, 6.45) is 2.48. The van der Waals surface area contributed by atoms with E-state index in [0.29, 0.717) is 0 Å². The summed E-state index contributed by atoms with van der Waals surface area (Å²) < 4.78 is 0. The predicted molar refractivity (Wildman–Crippen MR) is 34.8 cm³/mol. The molecule has 3 nitrogen and oxygen atoms in total. The number of hydrogen-bond donors (Lipinski definition) is 2. The van der Waals surface area contributed by atoms with Crippen LogP contribution in [0.25, 0.3) is 0 Å². The van der Waals surface area contributed by atoms with E-state index in [-0.39, 0.29) is 12.1 Å². The molecule has 2 N–H and O–H groups in total. The molecule has 0 aromatic carbocycles. The van der Waals surface area contributed by atoms with Crippen LogP contribution in [0.1, 0.15) is 19.8 Å². The van der Waals surface area contributed by atoms with Crippen molar-refractivity contribution in [1.29, 1.82) is 0 Å². The van der Waals surface area contributed by atoms with Crippen LogP contribution in [0, 0.1) is 0 Å². The molecule has 0 aromatic heterocycles. The van der Waals surface area contributed by atoms with Crippen molar-refractivity contribution in [2.24, 2.45) is 0 Å². The zero-order valence-electron chi connectivity index (χ0n) is 5.61. The second-order valence-corrected chi connectivity index (χ2v) is 2.35. The lowest BCUT2D eigenvalue weighted by Crippen LogP contribution is -2.39. The molecule has 0 saturated carbocycles. The summed E-state index contributed by atoms with van der Waals surface area (Å²) in [6.45, 7) is 2.57. The van der Waals surface area contributed by atoms with Gasteiger partial charge in [0.2, 0.25) is 5.91 Å². The highest BCUT2D eigenvalue weighted by molar-refractivity contribution is 5.73. The normalized spacial score (nSPS) is 26.1. The van der Waals surface area contributed by atoms with Crippen molar-refractivity contribution < 1.29 is 4.79 Å². The van der Waals surface area contributed by atoms with Gasteiger partial charge in [0.05, 0.1) is 6.17 Å². The fourth-order valence-electron chi connectivity index (χ4n) is 1.05. The smallest absolute Gasteiger partial charge is 0.218 e. The van der Waals surface area contributed by atoms with Crippen molar-refractivity contribution in [2.75, 3.05) is 6.54 Å². The van der Waals surface area contributed by atoms with Crippen LogP contribution < -0.4 is 10.6 Å². The molecular weight excluding hydrogens is 116 g/mol. The minimum Gasteiger partial charge on any atom is -0.341 e. The van der Waals surface area contributed by atoms with Gasteiger partial charge in [0.25, 0.3) is 0 Å². The van der Waals surface area contributed by atoms with Crippen LogP contribution >= 0.6 is 0 Å². The Morgan fingerprint density at radius 3 is 3.00 bits per heavy atom. The molecule has 3 heteroatoms. The average Bonchev–Trinajstić information content (AvgIpc) is 2.15. The standard InChI is InChI=1S/C6H12N2O/c1-5(9)8-6-3-2-4-7-6/h6-7H,2-4H2,1H3,(H,8,9)/t6-/m1/s1. The molecule has 0 bridgehead atoms. The number of rotatable bonds is 1. The fraction of sp³-hybridized carbons (Fsp3) is 0.833. The zero-order chi connectivity index (χ0) is 6.69. The molecule has 1 aliphatic rings. The second kappa shape index (κ2) is 2.82. The van der Waals surface area contributed by atoms with Crippen LogP contribution in [0.2, 0.25) is 0 Å². The molecule has 0 aromatic rings. The molecule has 1 aliphatic heterocycles. The number of carbonyl (C=O) groups is 1. The van der Waals surface area contributed by atoms with Gasteiger partial charge < -0.3 is 5.32 Å². The minimum atomic E-state index is 0.0504. The first-order chi connectivity index (χ1) is 4.29. The van der Waals surface area contributed by atoms with Crippen molar-refractivity contribution in [2.45, 2.75) is 25.9 Å². The van der Waals surface area contributed by atoms with Gasteiger partial charge in [-0.25, -0.2) is 0 Å². The van der Waals surface area contributed by atoms with Gasteiger partial charge >= 0.3 is 0 Å². The Labute approximate surface area is 54.8 Å². The summed E-state index contributed by atoms with van der Waals surface area (Å²) >= 11 is 0. The molecule has 0 radical (unpaired) electrons. The zero-order valence-corrected chi connectivity index (χ0v) is 5.61. The highest BCUT2D eigenvalue weighted by Gasteiger charge is 2.13. The molecule has 9 heavy (non-hydrogen) atoms. The Hall–Kier alpha value is -0.570. The van der Waals surface area contributed by atoms with Crippen molar-refractivity contribution in [3.8, 4) is 0 Å². The van der Waals surface area contributed by atoms with E-state index in [1.807, 2.05) is 0 Å². The van der Waals surface area contributed by atoms with Gasteiger partial charge in [-0.15, -0.1) is 0 Å². The van der Waals surface area contributed by atoms with Gasteiger partial charge in [0.15, 0.2) is 0 Å². The first-order valence-corrected chi connectivity index (χ1v) is 3.29. The maximum absolute atomic E-state index is 10.4. The van der Waals surface area contributed by atoms with E-state index >= 15 is 0 Å². The summed E-state index contributed by atoms with van der Waals surface area (Å²) in [7, 11) is 0. The Morgan fingerprint density at radius 2 is 2.56 bits per heavy atom. The van der Waals surface area contributed by atoms with Crippen molar-refractivity contribution in [3.05, 3.63) is 0 Å². The molecule has 0 aliphatic carbocycles. The molecule has 0 unspecified atom stereocenters. The van der Waals surface area contributed by atoms with Crippen LogP contribution in [0.3, 0.4) is 0 Å². The second-order valence-electron chi connectivity index (χ2n) is 2.35. The SMILES string of the molecule is CC(=O)N[C@@H]1CCCN1. The highest BCUT2D eigenvalue weighted by Crippen LogP contribution is 2.00. The van der Waals surface area contributed by atoms with Gasteiger partial charge in [-0.3, -0.25) is 10.1 Å². The van der Waals surface area contributed by atoms with E-state index in [9.17, 15) is 4.79 Å². The maximum atomic E-state index is 10.4. The van der Waals surface area contributed by atoms with E-state index in [2.05, 4.69) is 10.6 Å². The summed E-state index contributed by atoms with van der Waals surface area (Å²) in [5, 5.41) is 5.95. The minimum absolute atomic E-state index is 0.0504. The van der Waals surface area contributed by atoms with Gasteiger partial charge in [-0.2, -0.15) is 0 Å². The van der Waals surface area contributed by atoms with E-state index in [1.54, 1.807) is 6.92 Å². The molecule has 1 atom stereocenters. The lowest BCUT2D eigenvalue weighted by Gasteiger charge is -2.09. The number of carbonyl (C=O) groups excluding carboxylic acids is 1. The van der Waals surface area contributed by atoms with Crippen LogP contribution in [0.15, 0.2) is 0 Å². The Morgan fingerprint density at radius 1 is 1.78 bits per heavy atom. The Bertz CT molecular complexity index is 108. The summed E-state index contributed by atoms with van der Waals surface area (Å²) in [5.74, 6) is 0.0504. The topological polar surface area (TPSA) is 41.1 Å². The lowest BCUT2D eigenvalue weighted by atomic mass is 10.3. The first kappa shape index (κ1) is 6.55. The van der Waals surface area contributed by atoms with Crippen LogP contribution in [-0.4, -0.2) is 18.6 Å². The van der Waals surface area contributed by atoms with E-state index in [1.165, 1.54) is 6.42 Å². The molecule has 1 rings (SSSR count). The van der Waals surface area contributed by atoms with Gasteiger partial charge in [0.1, 0.15) is 0 Å². The third-order valence-electron chi connectivity index (χ3n) is 1.44. The molecular formula is C6H12N2O. The summed E-state index contributed by atoms with van der Waals surface area (Å²) in [6, 6.07) is 0. The molecule has 0 spiro atoms. The van der Waals surface area contributed by atoms with Crippen molar-refractivity contribution in [1.82, 2.24) is 10.6 Å². The monoisotopic (exact) mass is 128 g/mol.